The normalized spacial score (nSPS) is 12.5. The fourth-order valence-corrected chi connectivity index (χ4v) is 3.55. The van der Waals surface area contributed by atoms with Gasteiger partial charge in [-0.25, -0.2) is 0 Å². The van der Waals surface area contributed by atoms with Gasteiger partial charge in [0.15, 0.2) is 0 Å². The van der Waals surface area contributed by atoms with E-state index in [1.54, 1.807) is 0 Å². The van der Waals surface area contributed by atoms with Crippen LogP contribution in [0.25, 0.3) is 0 Å². The predicted molar refractivity (Wildman–Crippen MR) is 128 cm³/mol. The second kappa shape index (κ2) is 9.99. The Morgan fingerprint density at radius 2 is 1.68 bits per heavy atom. The lowest BCUT2D eigenvalue weighted by molar-refractivity contribution is -0.137. The van der Waals surface area contributed by atoms with Crippen molar-refractivity contribution in [1.82, 2.24) is 0 Å². The molecule has 0 aliphatic heterocycles. The average Bonchev–Trinajstić information content (AvgIpc) is 2.66. The van der Waals surface area contributed by atoms with E-state index in [4.69, 9.17) is 0 Å². The number of carbonyl (C=O) groups excluding carboxylic acids is 1. The van der Waals surface area contributed by atoms with Gasteiger partial charge in [-0.15, -0.1) is 0 Å². The van der Waals surface area contributed by atoms with Gasteiger partial charge in [0.2, 0.25) is 5.91 Å². The second-order valence-electron chi connectivity index (χ2n) is 9.67. The van der Waals surface area contributed by atoms with Crippen LogP contribution in [0.15, 0.2) is 42.5 Å². The van der Waals surface area contributed by atoms with Gasteiger partial charge in [0.05, 0.1) is 24.2 Å². The molecule has 2 aromatic rings. The number of carboxylic acid groups (broad SMARTS) is 1. The number of nitrogens with zero attached hydrogens (tertiary/aromatic N) is 1. The minimum absolute atomic E-state index is 0.0584. The van der Waals surface area contributed by atoms with E-state index in [1.807, 2.05) is 70.3 Å². The molecule has 2 N–H and O–H groups in total. The first-order chi connectivity index (χ1) is 14.4. The van der Waals surface area contributed by atoms with Gasteiger partial charge in [-0.3, -0.25) is 9.59 Å². The summed E-state index contributed by atoms with van der Waals surface area (Å²) in [4.78, 5) is 26.4. The van der Waals surface area contributed by atoms with Crippen LogP contribution in [0.4, 0.5) is 11.4 Å². The third-order valence-electron chi connectivity index (χ3n) is 5.77. The maximum atomic E-state index is 12.9. The van der Waals surface area contributed by atoms with Crippen molar-refractivity contribution in [2.24, 2.45) is 5.92 Å². The molecule has 0 aliphatic carbocycles. The molecule has 5 heteroatoms. The zero-order chi connectivity index (χ0) is 23.3. The molecule has 0 saturated carbocycles. The summed E-state index contributed by atoms with van der Waals surface area (Å²) >= 11 is 0. The van der Waals surface area contributed by atoms with E-state index >= 15 is 0 Å². The van der Waals surface area contributed by atoms with Crippen molar-refractivity contribution < 1.29 is 14.7 Å². The highest BCUT2D eigenvalue weighted by Crippen LogP contribution is 2.36. The van der Waals surface area contributed by atoms with Gasteiger partial charge < -0.3 is 15.3 Å². The minimum Gasteiger partial charge on any atom is -0.481 e. The predicted octanol–water partition coefficient (Wildman–Crippen LogP) is 5.63. The van der Waals surface area contributed by atoms with E-state index in [-0.39, 0.29) is 36.1 Å². The Kier molecular flexibility index (Phi) is 7.88. The summed E-state index contributed by atoms with van der Waals surface area (Å²) in [6.45, 7) is 12.4. The van der Waals surface area contributed by atoms with Crippen LogP contribution in [-0.2, 0) is 16.0 Å². The number of hydrogen-bond acceptors (Lipinski definition) is 3. The van der Waals surface area contributed by atoms with Crippen LogP contribution in [0.3, 0.4) is 0 Å². The number of hydrogen-bond donors (Lipinski definition) is 2. The summed E-state index contributed by atoms with van der Waals surface area (Å²) in [7, 11) is 2.00. The molecule has 0 saturated heterocycles. The molecular weight excluding hydrogens is 388 g/mol. The summed E-state index contributed by atoms with van der Waals surface area (Å²) in [5.41, 5.74) is 4.51. The molecule has 0 spiro atoms. The summed E-state index contributed by atoms with van der Waals surface area (Å²) in [6, 6.07) is 13.9. The molecule has 0 fully saturated rings. The average molecular weight is 425 g/mol. The second-order valence-corrected chi connectivity index (χ2v) is 9.67. The van der Waals surface area contributed by atoms with Gasteiger partial charge in [-0.2, -0.15) is 0 Å². The number of carboxylic acids is 1. The summed E-state index contributed by atoms with van der Waals surface area (Å²) in [5, 5.41) is 12.5. The van der Waals surface area contributed by atoms with Gasteiger partial charge in [-0.05, 0) is 62.8 Å². The number of aliphatic carboxylic acids is 1. The van der Waals surface area contributed by atoms with Crippen LogP contribution >= 0.6 is 0 Å². The molecular formula is C26H36N2O3. The Bertz CT molecular complexity index is 911. The summed E-state index contributed by atoms with van der Waals surface area (Å²) in [6.07, 6.45) is 0.342. The van der Waals surface area contributed by atoms with Crippen molar-refractivity contribution in [3.05, 3.63) is 59.2 Å². The quantitative estimate of drug-likeness (QED) is 0.577. The molecule has 31 heavy (non-hydrogen) atoms. The van der Waals surface area contributed by atoms with Crippen molar-refractivity contribution in [2.75, 3.05) is 17.3 Å². The fraction of sp³-hybridized carbons (Fsp3) is 0.462. The smallest absolute Gasteiger partial charge is 0.303 e. The Hall–Kier alpha value is -2.82. The number of amides is 1. The third-order valence-corrected chi connectivity index (χ3v) is 5.77. The molecule has 1 atom stereocenters. The van der Waals surface area contributed by atoms with Crippen LogP contribution in [0.2, 0.25) is 0 Å². The lowest BCUT2D eigenvalue weighted by atomic mass is 9.85. The van der Waals surface area contributed by atoms with Crippen molar-refractivity contribution in [3.8, 4) is 0 Å². The van der Waals surface area contributed by atoms with Crippen LogP contribution in [-0.4, -0.2) is 29.6 Å². The van der Waals surface area contributed by atoms with Gasteiger partial charge >= 0.3 is 5.97 Å². The molecule has 1 amide bonds. The largest absolute Gasteiger partial charge is 0.481 e. The molecule has 168 valence electrons. The lowest BCUT2D eigenvalue weighted by Crippen LogP contribution is -2.38. The van der Waals surface area contributed by atoms with Crippen molar-refractivity contribution in [2.45, 2.75) is 65.8 Å². The van der Waals surface area contributed by atoms with E-state index in [9.17, 15) is 14.7 Å². The highest BCUT2D eigenvalue weighted by molar-refractivity contribution is 5.96. The van der Waals surface area contributed by atoms with Gasteiger partial charge in [-0.1, -0.05) is 49.7 Å². The third kappa shape index (κ3) is 6.84. The molecule has 0 heterocycles. The van der Waals surface area contributed by atoms with E-state index < -0.39 is 5.97 Å². The molecule has 0 aliphatic rings. The van der Waals surface area contributed by atoms with Crippen LogP contribution < -0.4 is 10.2 Å². The van der Waals surface area contributed by atoms with Crippen LogP contribution in [0, 0.1) is 12.8 Å². The monoisotopic (exact) mass is 424 g/mol. The van der Waals surface area contributed by atoms with E-state index in [2.05, 4.69) is 31.0 Å². The summed E-state index contributed by atoms with van der Waals surface area (Å²) < 4.78 is 0. The number of rotatable bonds is 8. The maximum Gasteiger partial charge on any atom is 0.303 e. The van der Waals surface area contributed by atoms with Gasteiger partial charge in [0, 0.05) is 12.6 Å². The zero-order valence-corrected chi connectivity index (χ0v) is 19.8. The van der Waals surface area contributed by atoms with E-state index in [1.165, 1.54) is 0 Å². The molecule has 2 aromatic carbocycles. The van der Waals surface area contributed by atoms with E-state index in [0.29, 0.717) is 5.69 Å². The summed E-state index contributed by atoms with van der Waals surface area (Å²) in [5.74, 6) is -0.874. The highest BCUT2D eigenvalue weighted by Gasteiger charge is 2.24. The van der Waals surface area contributed by atoms with Gasteiger partial charge in [0.25, 0.3) is 0 Å². The first kappa shape index (κ1) is 24.4. The number of aryl methyl sites for hydroxylation is 1. The molecule has 0 aromatic heterocycles. The fourth-order valence-electron chi connectivity index (χ4n) is 3.55. The van der Waals surface area contributed by atoms with Crippen molar-refractivity contribution in [3.63, 3.8) is 0 Å². The Labute approximate surface area is 186 Å². The minimum atomic E-state index is -0.820. The standard InChI is InChI=1S/C26H36N2O3/c1-17(2)21(16-25(30)31)20-12-13-23(28(7)26(4,5)6)22(15-20)27-24(29)14-19-10-8-18(3)9-11-19/h8-13,15,17,21H,14,16H2,1-7H3,(H,27,29)(H,30,31). The Morgan fingerprint density at radius 1 is 1.06 bits per heavy atom. The lowest BCUT2D eigenvalue weighted by Gasteiger charge is -2.36. The molecule has 2 rings (SSSR count). The first-order valence-electron chi connectivity index (χ1n) is 10.8. The first-order valence-corrected chi connectivity index (χ1v) is 10.8. The molecule has 5 nitrogen and oxygen atoms in total. The molecule has 1 unspecified atom stereocenters. The van der Waals surface area contributed by atoms with Gasteiger partial charge in [0.1, 0.15) is 0 Å². The SMILES string of the molecule is Cc1ccc(CC(=O)Nc2cc(C(CC(=O)O)C(C)C)ccc2N(C)C(C)(C)C)cc1. The number of benzene rings is 2. The number of nitrogens with one attached hydrogen (secondary N) is 1. The van der Waals surface area contributed by atoms with Crippen LogP contribution in [0.5, 0.6) is 0 Å². The van der Waals surface area contributed by atoms with Crippen molar-refractivity contribution in [1.29, 1.82) is 0 Å². The maximum absolute atomic E-state index is 12.9. The molecule has 0 radical (unpaired) electrons. The topological polar surface area (TPSA) is 69.6 Å². The zero-order valence-electron chi connectivity index (χ0n) is 19.8. The Morgan fingerprint density at radius 3 is 2.19 bits per heavy atom. The Balaban J connectivity index is 2.40. The molecule has 0 bridgehead atoms. The van der Waals surface area contributed by atoms with E-state index in [0.717, 1.165) is 22.4 Å². The number of anilines is 2. The van der Waals surface area contributed by atoms with Crippen molar-refractivity contribution >= 4 is 23.3 Å². The highest BCUT2D eigenvalue weighted by atomic mass is 16.4. The van der Waals surface area contributed by atoms with Crippen LogP contribution in [0.1, 0.15) is 63.6 Å². The number of carbonyl (C=O) groups is 2.